The third-order valence-electron chi connectivity index (χ3n) is 2.68. The van der Waals surface area contributed by atoms with Crippen LogP contribution < -0.4 is 5.69 Å². The largest absolute Gasteiger partial charge is 0.394 e. The highest BCUT2D eigenvalue weighted by molar-refractivity contribution is 5.70. The second-order valence-electron chi connectivity index (χ2n) is 3.77. The maximum Gasteiger partial charge on any atom is 0.328 e. The number of aromatic nitrogens is 2. The number of carbonyl (C=O) groups excluding carboxylic acids is 1. The van der Waals surface area contributed by atoms with E-state index in [1.54, 1.807) is 0 Å². The van der Waals surface area contributed by atoms with Gasteiger partial charge in [0.25, 0.3) is 0 Å². The van der Waals surface area contributed by atoms with Crippen molar-refractivity contribution in [2.24, 2.45) is 0 Å². The molecule has 2 heterocycles. The Labute approximate surface area is 95.1 Å². The first-order valence-corrected chi connectivity index (χ1v) is 4.97. The van der Waals surface area contributed by atoms with E-state index in [4.69, 9.17) is 9.84 Å². The van der Waals surface area contributed by atoms with Crippen molar-refractivity contribution in [2.45, 2.75) is 24.5 Å². The summed E-state index contributed by atoms with van der Waals surface area (Å²) in [6.07, 6.45) is -3.10. The number of H-pyrrole nitrogens is 1. The van der Waals surface area contributed by atoms with Crippen LogP contribution >= 0.6 is 0 Å². The molecular weight excluding hydrogens is 232 g/mol. The molecule has 1 fully saturated rings. The zero-order valence-corrected chi connectivity index (χ0v) is 8.68. The molecule has 2 rings (SSSR count). The van der Waals surface area contributed by atoms with Gasteiger partial charge in [-0.15, -0.1) is 0 Å². The Morgan fingerprint density at radius 1 is 1.47 bits per heavy atom. The summed E-state index contributed by atoms with van der Waals surface area (Å²) in [6, 6.07) is 0. The molecule has 0 radical (unpaired) electrons. The van der Waals surface area contributed by atoms with Crippen LogP contribution in [-0.2, 0) is 4.74 Å². The number of rotatable bonds is 3. The van der Waals surface area contributed by atoms with Crippen molar-refractivity contribution in [3.8, 4) is 0 Å². The number of aliphatic hydroxyl groups is 3. The Hall–Kier alpha value is -1.48. The highest BCUT2D eigenvalue weighted by Gasteiger charge is 2.43. The third kappa shape index (κ3) is 1.91. The lowest BCUT2D eigenvalue weighted by Gasteiger charge is -2.14. The number of ether oxygens (including phenoxy) is 1. The number of imidazole rings is 1. The van der Waals surface area contributed by atoms with Crippen molar-refractivity contribution in [3.05, 3.63) is 22.4 Å². The standard InChI is InChI=1S/C9H12N2O6/c12-2-4-1-11(9(16)10-4)8-7(15)6(14)5(3-13)17-8/h1-2,5-8,13-15H,3H2,(H,10,16)/t5-,6-,7-,8-/m1/s1. The van der Waals surface area contributed by atoms with Gasteiger partial charge in [0, 0.05) is 6.20 Å². The maximum absolute atomic E-state index is 11.4. The second-order valence-corrected chi connectivity index (χ2v) is 3.77. The van der Waals surface area contributed by atoms with Crippen LogP contribution in [0.3, 0.4) is 0 Å². The number of nitrogens with one attached hydrogen (secondary N) is 1. The van der Waals surface area contributed by atoms with Gasteiger partial charge in [-0.3, -0.25) is 9.36 Å². The van der Waals surface area contributed by atoms with Crippen molar-refractivity contribution in [2.75, 3.05) is 6.61 Å². The lowest BCUT2D eigenvalue weighted by molar-refractivity contribution is -0.0542. The predicted molar refractivity (Wildman–Crippen MR) is 53.4 cm³/mol. The van der Waals surface area contributed by atoms with Crippen LogP contribution in [0.25, 0.3) is 0 Å². The van der Waals surface area contributed by atoms with Crippen LogP contribution in [-0.4, -0.2) is 56.1 Å². The highest BCUT2D eigenvalue weighted by Crippen LogP contribution is 2.28. The lowest BCUT2D eigenvalue weighted by atomic mass is 10.1. The number of aliphatic hydroxyl groups excluding tert-OH is 3. The summed E-state index contributed by atoms with van der Waals surface area (Å²) in [7, 11) is 0. The van der Waals surface area contributed by atoms with Crippen LogP contribution in [0, 0.1) is 0 Å². The molecule has 17 heavy (non-hydrogen) atoms. The van der Waals surface area contributed by atoms with E-state index in [9.17, 15) is 19.8 Å². The van der Waals surface area contributed by atoms with Crippen molar-refractivity contribution in [1.82, 2.24) is 9.55 Å². The molecule has 0 aromatic carbocycles. The Bertz CT molecular complexity index is 466. The third-order valence-corrected chi connectivity index (χ3v) is 2.68. The minimum atomic E-state index is -1.35. The van der Waals surface area contributed by atoms with E-state index in [2.05, 4.69) is 4.98 Å². The molecule has 1 aromatic rings. The zero-order chi connectivity index (χ0) is 12.6. The quantitative estimate of drug-likeness (QED) is 0.439. The van der Waals surface area contributed by atoms with Gasteiger partial charge in [0.15, 0.2) is 12.5 Å². The first-order valence-electron chi connectivity index (χ1n) is 4.97. The number of hydrogen-bond donors (Lipinski definition) is 4. The van der Waals surface area contributed by atoms with Gasteiger partial charge in [-0.05, 0) is 0 Å². The molecule has 0 saturated carbocycles. The van der Waals surface area contributed by atoms with Crippen molar-refractivity contribution in [3.63, 3.8) is 0 Å². The molecule has 0 aliphatic carbocycles. The summed E-state index contributed by atoms with van der Waals surface area (Å²) in [4.78, 5) is 24.2. The Balaban J connectivity index is 2.31. The fourth-order valence-corrected chi connectivity index (χ4v) is 1.79. The van der Waals surface area contributed by atoms with Crippen molar-refractivity contribution < 1.29 is 24.9 Å². The van der Waals surface area contributed by atoms with E-state index in [-0.39, 0.29) is 5.69 Å². The smallest absolute Gasteiger partial charge is 0.328 e. The van der Waals surface area contributed by atoms with Crippen LogP contribution in [0.2, 0.25) is 0 Å². The van der Waals surface area contributed by atoms with Crippen LogP contribution in [0.4, 0.5) is 0 Å². The van der Waals surface area contributed by atoms with E-state index >= 15 is 0 Å². The van der Waals surface area contributed by atoms with E-state index in [1.165, 1.54) is 6.20 Å². The number of nitrogens with zero attached hydrogens (tertiary/aromatic N) is 1. The van der Waals surface area contributed by atoms with Gasteiger partial charge in [0.1, 0.15) is 18.3 Å². The molecule has 1 aliphatic heterocycles. The predicted octanol–water partition coefficient (Wildman–Crippen LogP) is -2.40. The van der Waals surface area contributed by atoms with Crippen molar-refractivity contribution in [1.29, 1.82) is 0 Å². The minimum Gasteiger partial charge on any atom is -0.394 e. The number of carbonyl (C=O) groups is 1. The van der Waals surface area contributed by atoms with Gasteiger partial charge >= 0.3 is 5.69 Å². The van der Waals surface area contributed by atoms with E-state index in [1.807, 2.05) is 0 Å². The van der Waals surface area contributed by atoms with E-state index in [0.717, 1.165) is 4.57 Å². The van der Waals surface area contributed by atoms with Crippen LogP contribution in [0.5, 0.6) is 0 Å². The lowest BCUT2D eigenvalue weighted by Crippen LogP contribution is -2.34. The molecule has 0 bridgehead atoms. The molecule has 4 N–H and O–H groups in total. The molecule has 0 unspecified atom stereocenters. The Morgan fingerprint density at radius 2 is 2.18 bits per heavy atom. The van der Waals surface area contributed by atoms with Gasteiger partial charge < -0.3 is 25.0 Å². The molecule has 4 atom stereocenters. The summed E-state index contributed by atoms with van der Waals surface area (Å²) in [6.45, 7) is -0.478. The first kappa shape index (κ1) is 12.0. The summed E-state index contributed by atoms with van der Waals surface area (Å²) < 4.78 is 6.10. The minimum absolute atomic E-state index is 0.0349. The molecule has 1 aromatic heterocycles. The Morgan fingerprint density at radius 3 is 2.65 bits per heavy atom. The van der Waals surface area contributed by atoms with Gasteiger partial charge in [-0.2, -0.15) is 0 Å². The molecule has 8 heteroatoms. The number of aromatic amines is 1. The van der Waals surface area contributed by atoms with Crippen LogP contribution in [0.1, 0.15) is 16.7 Å². The first-order chi connectivity index (χ1) is 8.08. The summed E-state index contributed by atoms with van der Waals surface area (Å²) in [5.74, 6) is 0. The Kier molecular flexibility index (Phi) is 3.11. The fourth-order valence-electron chi connectivity index (χ4n) is 1.79. The highest BCUT2D eigenvalue weighted by atomic mass is 16.6. The topological polar surface area (TPSA) is 125 Å². The maximum atomic E-state index is 11.4. The van der Waals surface area contributed by atoms with E-state index in [0.29, 0.717) is 6.29 Å². The monoisotopic (exact) mass is 244 g/mol. The molecule has 0 amide bonds. The van der Waals surface area contributed by atoms with E-state index < -0.39 is 36.8 Å². The molecule has 1 aliphatic rings. The molecule has 0 spiro atoms. The zero-order valence-electron chi connectivity index (χ0n) is 8.68. The molecule has 94 valence electrons. The van der Waals surface area contributed by atoms with Crippen molar-refractivity contribution >= 4 is 6.29 Å². The average Bonchev–Trinajstić information content (AvgIpc) is 2.82. The van der Waals surface area contributed by atoms with Gasteiger partial charge in [0.05, 0.1) is 12.3 Å². The van der Waals surface area contributed by atoms with Crippen LogP contribution in [0.15, 0.2) is 11.0 Å². The number of hydrogen-bond acceptors (Lipinski definition) is 6. The summed E-state index contributed by atoms with van der Waals surface area (Å²) in [5, 5.41) is 28.1. The fraction of sp³-hybridized carbons (Fsp3) is 0.556. The summed E-state index contributed by atoms with van der Waals surface area (Å²) >= 11 is 0. The molecular formula is C9H12N2O6. The molecule has 1 saturated heterocycles. The number of aldehydes is 1. The average molecular weight is 244 g/mol. The van der Waals surface area contributed by atoms with Gasteiger partial charge in [-0.25, -0.2) is 4.79 Å². The summed E-state index contributed by atoms with van der Waals surface area (Å²) in [5.41, 5.74) is -0.602. The normalized spacial score (nSPS) is 32.9. The SMILES string of the molecule is O=Cc1cn([C@@H]2O[C@H](CO)[C@@H](O)[C@H]2O)c(=O)[nH]1. The second kappa shape index (κ2) is 4.41. The van der Waals surface area contributed by atoms with Gasteiger partial charge in [-0.1, -0.05) is 0 Å². The van der Waals surface area contributed by atoms with Gasteiger partial charge in [0.2, 0.25) is 0 Å². The molecule has 8 nitrogen and oxygen atoms in total.